The van der Waals surface area contributed by atoms with E-state index in [1.807, 2.05) is 0 Å². The van der Waals surface area contributed by atoms with Crippen molar-refractivity contribution in [2.24, 2.45) is 0 Å². The number of carbonyl (C=O) groups excluding carboxylic acids is 4. The van der Waals surface area contributed by atoms with Crippen LogP contribution in [0.25, 0.3) is 0 Å². The second-order valence-electron chi connectivity index (χ2n) is 7.28. The predicted octanol–water partition coefficient (Wildman–Crippen LogP) is 4.36. The molecule has 0 aromatic heterocycles. The smallest absolute Gasteiger partial charge is 0.261 e. The maximum atomic E-state index is 12.7. The van der Waals surface area contributed by atoms with Crippen LogP contribution < -0.4 is 4.90 Å². The van der Waals surface area contributed by atoms with Crippen LogP contribution in [0.1, 0.15) is 63.7 Å². The van der Waals surface area contributed by atoms with E-state index >= 15 is 0 Å². The Kier molecular flexibility index (Phi) is 6.67. The highest BCUT2D eigenvalue weighted by Crippen LogP contribution is 2.26. The van der Waals surface area contributed by atoms with E-state index < -0.39 is 0 Å². The van der Waals surface area contributed by atoms with Gasteiger partial charge in [0.15, 0.2) is 5.78 Å². The molecule has 0 fully saturated rings. The van der Waals surface area contributed by atoms with Crippen molar-refractivity contribution in [3.63, 3.8) is 0 Å². The number of Topliss-reactive ketones (excluding diaryl/α,β-unsaturated/α-hetero) is 1. The second kappa shape index (κ2) is 9.22. The van der Waals surface area contributed by atoms with Crippen LogP contribution in [-0.4, -0.2) is 42.0 Å². The van der Waals surface area contributed by atoms with E-state index in [-0.39, 0.29) is 23.5 Å². The van der Waals surface area contributed by atoms with Crippen LogP contribution in [0.15, 0.2) is 42.5 Å². The SMILES string of the molecule is CC(=O)N(C)c1ccc(Cl)cc1C(=O)CCCCCN1C(=O)c2ccccc2C1=O. The molecule has 0 saturated carbocycles. The lowest BCUT2D eigenvalue weighted by Crippen LogP contribution is -2.30. The van der Waals surface area contributed by atoms with E-state index in [9.17, 15) is 19.2 Å². The van der Waals surface area contributed by atoms with Crippen molar-refractivity contribution in [3.05, 3.63) is 64.2 Å². The summed E-state index contributed by atoms with van der Waals surface area (Å²) in [7, 11) is 1.62. The number of nitrogens with zero attached hydrogens (tertiary/aromatic N) is 2. The number of rotatable bonds is 8. The van der Waals surface area contributed by atoms with Crippen LogP contribution in [0, 0.1) is 0 Å². The lowest BCUT2D eigenvalue weighted by atomic mass is 10.0. The highest BCUT2D eigenvalue weighted by molar-refractivity contribution is 6.31. The van der Waals surface area contributed by atoms with Crippen molar-refractivity contribution in [3.8, 4) is 0 Å². The van der Waals surface area contributed by atoms with Gasteiger partial charge in [0.25, 0.3) is 11.8 Å². The Hall–Kier alpha value is -2.99. The van der Waals surface area contributed by atoms with Crippen LogP contribution in [0.2, 0.25) is 5.02 Å². The number of hydrogen-bond acceptors (Lipinski definition) is 4. The molecule has 1 aliphatic rings. The Labute approximate surface area is 180 Å². The fourth-order valence-corrected chi connectivity index (χ4v) is 3.67. The Morgan fingerprint density at radius 2 is 1.60 bits per heavy atom. The molecule has 0 unspecified atom stereocenters. The Morgan fingerprint density at radius 3 is 2.20 bits per heavy atom. The van der Waals surface area contributed by atoms with Crippen molar-refractivity contribution in [2.75, 3.05) is 18.5 Å². The molecule has 156 valence electrons. The number of unbranched alkanes of at least 4 members (excludes halogenated alkanes) is 2. The first-order chi connectivity index (χ1) is 14.3. The number of carbonyl (C=O) groups is 4. The van der Waals surface area contributed by atoms with Gasteiger partial charge in [-0.2, -0.15) is 0 Å². The number of ketones is 1. The molecule has 0 saturated heterocycles. The molecular weight excluding hydrogens is 404 g/mol. The van der Waals surface area contributed by atoms with Crippen LogP contribution in [0.4, 0.5) is 5.69 Å². The average Bonchev–Trinajstić information content (AvgIpc) is 2.97. The summed E-state index contributed by atoms with van der Waals surface area (Å²) in [6, 6.07) is 11.7. The van der Waals surface area contributed by atoms with Crippen LogP contribution in [-0.2, 0) is 4.79 Å². The Morgan fingerprint density at radius 1 is 0.967 bits per heavy atom. The highest BCUT2D eigenvalue weighted by Gasteiger charge is 2.34. The van der Waals surface area contributed by atoms with E-state index in [1.165, 1.54) is 16.7 Å². The third-order valence-corrected chi connectivity index (χ3v) is 5.49. The summed E-state index contributed by atoms with van der Waals surface area (Å²) < 4.78 is 0. The molecule has 0 aliphatic carbocycles. The zero-order valence-corrected chi connectivity index (χ0v) is 17.7. The van der Waals surface area contributed by atoms with Crippen molar-refractivity contribution in [1.82, 2.24) is 4.90 Å². The summed E-state index contributed by atoms with van der Waals surface area (Å²) in [5.41, 5.74) is 1.84. The van der Waals surface area contributed by atoms with E-state index in [4.69, 9.17) is 11.6 Å². The van der Waals surface area contributed by atoms with E-state index in [2.05, 4.69) is 0 Å². The van der Waals surface area contributed by atoms with Crippen molar-refractivity contribution >= 4 is 40.8 Å². The predicted molar refractivity (Wildman–Crippen MR) is 115 cm³/mol. The summed E-state index contributed by atoms with van der Waals surface area (Å²) in [5, 5.41) is 0.435. The summed E-state index contributed by atoms with van der Waals surface area (Å²) in [5.74, 6) is -0.793. The average molecular weight is 427 g/mol. The van der Waals surface area contributed by atoms with Gasteiger partial charge >= 0.3 is 0 Å². The van der Waals surface area contributed by atoms with Gasteiger partial charge in [0, 0.05) is 37.5 Å². The van der Waals surface area contributed by atoms with Gasteiger partial charge in [-0.3, -0.25) is 24.1 Å². The maximum absolute atomic E-state index is 12.7. The maximum Gasteiger partial charge on any atom is 0.261 e. The first-order valence-electron chi connectivity index (χ1n) is 9.83. The van der Waals surface area contributed by atoms with Crippen molar-refractivity contribution in [2.45, 2.75) is 32.6 Å². The fraction of sp³-hybridized carbons (Fsp3) is 0.304. The molecule has 3 amide bonds. The zero-order valence-electron chi connectivity index (χ0n) is 17.0. The number of amides is 3. The quantitative estimate of drug-likeness (QED) is 0.357. The molecule has 0 bridgehead atoms. The van der Waals surface area contributed by atoms with E-state index in [0.29, 0.717) is 59.6 Å². The monoisotopic (exact) mass is 426 g/mol. The highest BCUT2D eigenvalue weighted by atomic mass is 35.5. The molecular formula is C23H23ClN2O4. The lowest BCUT2D eigenvalue weighted by molar-refractivity contribution is -0.116. The molecule has 0 N–H and O–H groups in total. The van der Waals surface area contributed by atoms with Gasteiger partial charge in [0.1, 0.15) is 0 Å². The van der Waals surface area contributed by atoms with Crippen LogP contribution in [0.3, 0.4) is 0 Å². The van der Waals surface area contributed by atoms with Crippen molar-refractivity contribution in [1.29, 1.82) is 0 Å². The third kappa shape index (κ3) is 4.44. The van der Waals surface area contributed by atoms with E-state index in [1.54, 1.807) is 49.5 Å². The number of benzene rings is 2. The van der Waals surface area contributed by atoms with Crippen LogP contribution >= 0.6 is 11.6 Å². The first kappa shape index (κ1) is 21.7. The van der Waals surface area contributed by atoms with Gasteiger partial charge in [-0.1, -0.05) is 30.2 Å². The van der Waals surface area contributed by atoms with Gasteiger partial charge < -0.3 is 4.90 Å². The molecule has 1 aliphatic heterocycles. The molecule has 1 heterocycles. The van der Waals surface area contributed by atoms with Crippen LogP contribution in [0.5, 0.6) is 0 Å². The number of fused-ring (bicyclic) bond motifs is 1. The largest absolute Gasteiger partial charge is 0.315 e. The topological polar surface area (TPSA) is 74.8 Å². The zero-order chi connectivity index (χ0) is 21.8. The number of hydrogen-bond donors (Lipinski definition) is 0. The number of imide groups is 1. The fourth-order valence-electron chi connectivity index (χ4n) is 3.50. The number of halogens is 1. The normalized spacial score (nSPS) is 12.8. The molecule has 7 heteroatoms. The van der Waals surface area contributed by atoms with Gasteiger partial charge in [0.2, 0.25) is 5.91 Å². The molecule has 0 spiro atoms. The first-order valence-corrected chi connectivity index (χ1v) is 10.2. The molecule has 30 heavy (non-hydrogen) atoms. The van der Waals surface area contributed by atoms with Crippen molar-refractivity contribution < 1.29 is 19.2 Å². The van der Waals surface area contributed by atoms with Gasteiger partial charge in [0.05, 0.1) is 16.8 Å². The standard InChI is InChI=1S/C23H23ClN2O4/c1-15(27)25(2)20-12-11-16(24)14-19(20)21(28)10-4-3-7-13-26-22(29)17-8-5-6-9-18(17)23(26)30/h5-6,8-9,11-12,14H,3-4,7,10,13H2,1-2H3. The minimum Gasteiger partial charge on any atom is -0.315 e. The molecule has 0 radical (unpaired) electrons. The molecule has 3 rings (SSSR count). The summed E-state index contributed by atoms with van der Waals surface area (Å²) >= 11 is 6.04. The van der Waals surface area contributed by atoms with Gasteiger partial charge in [-0.05, 0) is 43.2 Å². The summed E-state index contributed by atoms with van der Waals surface area (Å²) in [6.07, 6.45) is 2.21. The molecule has 2 aromatic carbocycles. The van der Waals surface area contributed by atoms with Gasteiger partial charge in [-0.25, -0.2) is 0 Å². The molecule has 2 aromatic rings. The minimum absolute atomic E-state index is 0.0960. The Balaban J connectivity index is 1.53. The lowest BCUT2D eigenvalue weighted by Gasteiger charge is -2.19. The molecule has 6 nitrogen and oxygen atoms in total. The molecule has 0 atom stereocenters. The van der Waals surface area contributed by atoms with E-state index in [0.717, 1.165) is 0 Å². The van der Waals surface area contributed by atoms with Gasteiger partial charge in [-0.15, -0.1) is 0 Å². The minimum atomic E-state index is -0.262. The number of anilines is 1. The summed E-state index contributed by atoms with van der Waals surface area (Å²) in [4.78, 5) is 51.8. The summed E-state index contributed by atoms with van der Waals surface area (Å²) in [6.45, 7) is 1.76. The Bertz CT molecular complexity index is 983. The third-order valence-electron chi connectivity index (χ3n) is 5.26. The second-order valence-corrected chi connectivity index (χ2v) is 7.72.